The van der Waals surface area contributed by atoms with Crippen LogP contribution >= 0.6 is 11.3 Å². The van der Waals surface area contributed by atoms with Crippen LogP contribution in [0.2, 0.25) is 0 Å². The van der Waals surface area contributed by atoms with Gasteiger partial charge >= 0.3 is 0 Å². The van der Waals surface area contributed by atoms with Crippen LogP contribution in [0.25, 0.3) is 10.2 Å². The lowest BCUT2D eigenvalue weighted by Crippen LogP contribution is -2.45. The van der Waals surface area contributed by atoms with Crippen LogP contribution in [0.4, 0.5) is 0 Å². The van der Waals surface area contributed by atoms with E-state index < -0.39 is 0 Å². The van der Waals surface area contributed by atoms with E-state index in [0.717, 1.165) is 17.4 Å². The standard InChI is InChI=1S/C17H23N3S/c1-11(16-19-14-6-4-5-7-15(14)21-16)20-10-12-8-18-9-13(12)17(20,2)3/h4-7,11-13,18H,8-10H2,1-3H3. The molecule has 0 aliphatic carbocycles. The van der Waals surface area contributed by atoms with E-state index in [1.807, 2.05) is 11.3 Å². The lowest BCUT2D eigenvalue weighted by atomic mass is 9.84. The molecule has 4 rings (SSSR count). The van der Waals surface area contributed by atoms with Crippen molar-refractivity contribution in [2.75, 3.05) is 19.6 Å². The van der Waals surface area contributed by atoms with Crippen LogP contribution in [-0.4, -0.2) is 35.1 Å². The van der Waals surface area contributed by atoms with Gasteiger partial charge in [0, 0.05) is 18.6 Å². The quantitative estimate of drug-likeness (QED) is 0.922. The van der Waals surface area contributed by atoms with E-state index in [-0.39, 0.29) is 5.54 Å². The molecule has 3 heterocycles. The van der Waals surface area contributed by atoms with Gasteiger partial charge < -0.3 is 5.32 Å². The molecular weight excluding hydrogens is 278 g/mol. The first-order valence-corrected chi connectivity index (χ1v) is 8.72. The summed E-state index contributed by atoms with van der Waals surface area (Å²) in [5.41, 5.74) is 1.40. The molecule has 1 aromatic carbocycles. The molecular formula is C17H23N3S. The van der Waals surface area contributed by atoms with Crippen molar-refractivity contribution in [3.8, 4) is 0 Å². The molecule has 0 spiro atoms. The Morgan fingerprint density at radius 1 is 1.33 bits per heavy atom. The van der Waals surface area contributed by atoms with Gasteiger partial charge in [0.2, 0.25) is 0 Å². The number of hydrogen-bond acceptors (Lipinski definition) is 4. The predicted molar refractivity (Wildman–Crippen MR) is 88.7 cm³/mol. The number of thiazole rings is 1. The number of nitrogens with zero attached hydrogens (tertiary/aromatic N) is 2. The molecule has 3 atom stereocenters. The summed E-state index contributed by atoms with van der Waals surface area (Å²) in [5.74, 6) is 1.58. The largest absolute Gasteiger partial charge is 0.316 e. The first-order chi connectivity index (χ1) is 10.1. The number of hydrogen-bond donors (Lipinski definition) is 1. The van der Waals surface area contributed by atoms with Gasteiger partial charge in [-0.25, -0.2) is 4.98 Å². The van der Waals surface area contributed by atoms with E-state index in [4.69, 9.17) is 4.98 Å². The van der Waals surface area contributed by atoms with Crippen LogP contribution in [0.1, 0.15) is 31.8 Å². The summed E-state index contributed by atoms with van der Waals surface area (Å²) < 4.78 is 1.30. The van der Waals surface area contributed by atoms with Crippen molar-refractivity contribution in [1.82, 2.24) is 15.2 Å². The average molecular weight is 301 g/mol. The fourth-order valence-electron chi connectivity index (χ4n) is 4.31. The molecule has 3 unspecified atom stereocenters. The van der Waals surface area contributed by atoms with Crippen molar-refractivity contribution in [1.29, 1.82) is 0 Å². The highest BCUT2D eigenvalue weighted by Crippen LogP contribution is 2.45. The SMILES string of the molecule is CC(c1nc2ccccc2s1)N1CC2CNCC2C1(C)C. The average Bonchev–Trinajstić information content (AvgIpc) is 3.14. The zero-order valence-electron chi connectivity index (χ0n) is 13.0. The monoisotopic (exact) mass is 301 g/mol. The van der Waals surface area contributed by atoms with Crippen molar-refractivity contribution >= 4 is 21.6 Å². The Labute approximate surface area is 130 Å². The lowest BCUT2D eigenvalue weighted by Gasteiger charge is -2.39. The number of benzene rings is 1. The van der Waals surface area contributed by atoms with Crippen LogP contribution in [-0.2, 0) is 0 Å². The van der Waals surface area contributed by atoms with Gasteiger partial charge in [-0.1, -0.05) is 12.1 Å². The van der Waals surface area contributed by atoms with E-state index >= 15 is 0 Å². The van der Waals surface area contributed by atoms with E-state index in [2.05, 4.69) is 55.3 Å². The third kappa shape index (κ3) is 2.04. The highest BCUT2D eigenvalue weighted by atomic mass is 32.1. The first-order valence-electron chi connectivity index (χ1n) is 7.90. The molecule has 2 aliphatic heterocycles. The summed E-state index contributed by atoms with van der Waals surface area (Å²) in [5, 5.41) is 4.82. The molecule has 2 aromatic rings. The van der Waals surface area contributed by atoms with E-state index in [9.17, 15) is 0 Å². The van der Waals surface area contributed by atoms with Gasteiger partial charge in [-0.05, 0) is 51.3 Å². The maximum atomic E-state index is 4.88. The Hall–Kier alpha value is -0.970. The van der Waals surface area contributed by atoms with Gasteiger partial charge in [-0.2, -0.15) is 0 Å². The normalized spacial score (nSPS) is 29.9. The van der Waals surface area contributed by atoms with Crippen molar-refractivity contribution in [3.05, 3.63) is 29.3 Å². The second kappa shape index (κ2) is 4.77. The molecule has 3 nitrogen and oxygen atoms in total. The third-order valence-electron chi connectivity index (χ3n) is 5.55. The van der Waals surface area contributed by atoms with E-state index in [1.165, 1.54) is 29.3 Å². The van der Waals surface area contributed by atoms with Crippen molar-refractivity contribution in [3.63, 3.8) is 0 Å². The summed E-state index contributed by atoms with van der Waals surface area (Å²) in [6.07, 6.45) is 0. The van der Waals surface area contributed by atoms with Gasteiger partial charge in [0.1, 0.15) is 5.01 Å². The van der Waals surface area contributed by atoms with Crippen LogP contribution < -0.4 is 5.32 Å². The van der Waals surface area contributed by atoms with Gasteiger partial charge in [-0.3, -0.25) is 4.90 Å². The lowest BCUT2D eigenvalue weighted by molar-refractivity contribution is 0.0970. The summed E-state index contributed by atoms with van der Waals surface area (Å²) >= 11 is 1.85. The second-order valence-corrected chi connectivity index (χ2v) is 8.09. The Bertz CT molecular complexity index is 630. The minimum atomic E-state index is 0.255. The zero-order valence-corrected chi connectivity index (χ0v) is 13.8. The van der Waals surface area contributed by atoms with Gasteiger partial charge in [0.15, 0.2) is 0 Å². The molecule has 2 saturated heterocycles. The molecule has 1 aromatic heterocycles. The summed E-state index contributed by atoms with van der Waals surface area (Å²) in [6.45, 7) is 10.7. The molecule has 1 N–H and O–H groups in total. The molecule has 2 fully saturated rings. The third-order valence-corrected chi connectivity index (χ3v) is 6.76. The predicted octanol–water partition coefficient (Wildman–Crippen LogP) is 3.29. The molecule has 112 valence electrons. The molecule has 2 aliphatic rings. The topological polar surface area (TPSA) is 28.2 Å². The molecule has 0 saturated carbocycles. The molecule has 21 heavy (non-hydrogen) atoms. The second-order valence-electron chi connectivity index (χ2n) is 7.03. The van der Waals surface area contributed by atoms with Crippen molar-refractivity contribution in [2.24, 2.45) is 11.8 Å². The highest BCUT2D eigenvalue weighted by Gasteiger charge is 2.51. The van der Waals surface area contributed by atoms with Gasteiger partial charge in [0.05, 0.1) is 16.3 Å². The minimum absolute atomic E-state index is 0.255. The van der Waals surface area contributed by atoms with Crippen LogP contribution in [0.3, 0.4) is 0 Å². The van der Waals surface area contributed by atoms with E-state index in [1.54, 1.807) is 0 Å². The van der Waals surface area contributed by atoms with Gasteiger partial charge in [-0.15, -0.1) is 11.3 Å². The smallest absolute Gasteiger partial charge is 0.111 e. The highest BCUT2D eigenvalue weighted by molar-refractivity contribution is 7.18. The number of likely N-dealkylation sites (tertiary alicyclic amines) is 1. The summed E-state index contributed by atoms with van der Waals surface area (Å²) in [7, 11) is 0. The number of aromatic nitrogens is 1. The summed E-state index contributed by atoms with van der Waals surface area (Å²) in [6, 6.07) is 8.88. The molecule has 0 amide bonds. The first kappa shape index (κ1) is 13.7. The molecule has 4 heteroatoms. The Morgan fingerprint density at radius 2 is 2.14 bits per heavy atom. The Morgan fingerprint density at radius 3 is 2.90 bits per heavy atom. The molecule has 0 radical (unpaired) electrons. The van der Waals surface area contributed by atoms with Crippen molar-refractivity contribution in [2.45, 2.75) is 32.4 Å². The maximum Gasteiger partial charge on any atom is 0.111 e. The van der Waals surface area contributed by atoms with Crippen molar-refractivity contribution < 1.29 is 0 Å². The number of rotatable bonds is 2. The Balaban J connectivity index is 1.66. The molecule has 0 bridgehead atoms. The Kier molecular flexibility index (Phi) is 3.10. The van der Waals surface area contributed by atoms with E-state index in [0.29, 0.717) is 6.04 Å². The maximum absolute atomic E-state index is 4.88. The number of para-hydroxylation sites is 1. The zero-order chi connectivity index (χ0) is 14.6. The number of fused-ring (bicyclic) bond motifs is 2. The van der Waals surface area contributed by atoms with Crippen LogP contribution in [0.15, 0.2) is 24.3 Å². The minimum Gasteiger partial charge on any atom is -0.316 e. The van der Waals surface area contributed by atoms with Gasteiger partial charge in [0.25, 0.3) is 0 Å². The summed E-state index contributed by atoms with van der Waals surface area (Å²) in [4.78, 5) is 7.56. The fraction of sp³-hybridized carbons (Fsp3) is 0.588. The number of nitrogens with one attached hydrogen (secondary N) is 1. The fourth-order valence-corrected chi connectivity index (χ4v) is 5.34. The van der Waals surface area contributed by atoms with Crippen LogP contribution in [0.5, 0.6) is 0 Å². The van der Waals surface area contributed by atoms with Crippen LogP contribution in [0, 0.1) is 11.8 Å².